The van der Waals surface area contributed by atoms with E-state index in [1.165, 1.54) is 6.33 Å². The van der Waals surface area contributed by atoms with Crippen LogP contribution in [-0.4, -0.2) is 32.0 Å². The molecular weight excluding hydrogens is 268 g/mol. The van der Waals surface area contributed by atoms with Crippen LogP contribution in [-0.2, 0) is 4.79 Å². The first kappa shape index (κ1) is 13.9. The zero-order valence-electron chi connectivity index (χ0n) is 12.1. The quantitative estimate of drug-likeness (QED) is 0.882. The van der Waals surface area contributed by atoms with Crippen LogP contribution in [0, 0.1) is 18.8 Å². The van der Waals surface area contributed by atoms with Crippen molar-refractivity contribution in [1.29, 1.82) is 0 Å². The maximum absolute atomic E-state index is 12.4. The van der Waals surface area contributed by atoms with Gasteiger partial charge in [0.15, 0.2) is 0 Å². The van der Waals surface area contributed by atoms with Crippen LogP contribution in [0.4, 0.5) is 5.82 Å². The Labute approximate surface area is 123 Å². The molecule has 0 aliphatic heterocycles. The number of amides is 1. The maximum Gasteiger partial charge on any atom is 0.254 e. The second-order valence-corrected chi connectivity index (χ2v) is 5.70. The van der Waals surface area contributed by atoms with Crippen LogP contribution in [0.25, 0.3) is 5.78 Å². The Hall–Kier alpha value is -2.02. The largest absolute Gasteiger partial charge is 0.330 e. The van der Waals surface area contributed by atoms with Crippen molar-refractivity contribution in [2.24, 2.45) is 17.6 Å². The third-order valence-corrected chi connectivity index (χ3v) is 4.18. The van der Waals surface area contributed by atoms with Crippen molar-refractivity contribution >= 4 is 17.5 Å². The molecule has 1 amide bonds. The molecule has 0 unspecified atom stereocenters. The molecule has 112 valence electrons. The van der Waals surface area contributed by atoms with Gasteiger partial charge in [0.25, 0.3) is 5.78 Å². The zero-order chi connectivity index (χ0) is 14.8. The number of hydrogen-bond donors (Lipinski definition) is 2. The monoisotopic (exact) mass is 288 g/mol. The Bertz CT molecular complexity index is 644. The molecule has 1 aliphatic carbocycles. The van der Waals surface area contributed by atoms with E-state index in [1.807, 2.05) is 13.0 Å². The lowest BCUT2D eigenvalue weighted by Crippen LogP contribution is -2.30. The Morgan fingerprint density at radius 3 is 2.90 bits per heavy atom. The highest BCUT2D eigenvalue weighted by Gasteiger charge is 2.26. The van der Waals surface area contributed by atoms with Gasteiger partial charge < -0.3 is 11.1 Å². The summed E-state index contributed by atoms with van der Waals surface area (Å²) in [4.78, 5) is 20.7. The molecule has 21 heavy (non-hydrogen) atoms. The molecule has 7 heteroatoms. The van der Waals surface area contributed by atoms with E-state index >= 15 is 0 Å². The number of nitrogens with two attached hydrogens (primary N) is 1. The van der Waals surface area contributed by atoms with Crippen molar-refractivity contribution in [2.45, 2.75) is 32.6 Å². The number of nitrogens with zero attached hydrogens (tertiary/aromatic N) is 4. The molecule has 3 N–H and O–H groups in total. The molecule has 1 fully saturated rings. The average molecular weight is 288 g/mol. The molecule has 3 rings (SSSR count). The highest BCUT2D eigenvalue weighted by atomic mass is 16.2. The van der Waals surface area contributed by atoms with Gasteiger partial charge in [-0.25, -0.2) is 4.98 Å². The molecule has 2 aromatic rings. The molecule has 0 saturated heterocycles. The van der Waals surface area contributed by atoms with E-state index in [1.54, 1.807) is 4.52 Å². The second kappa shape index (κ2) is 5.77. The first-order valence-corrected chi connectivity index (χ1v) is 7.35. The Balaban J connectivity index is 1.73. The zero-order valence-corrected chi connectivity index (χ0v) is 12.1. The van der Waals surface area contributed by atoms with Crippen LogP contribution in [0.1, 0.15) is 31.4 Å². The van der Waals surface area contributed by atoms with E-state index in [0.29, 0.717) is 17.5 Å². The standard InChI is InChI=1S/C14H20N6O/c1-9-6-12(20-14(18-9)16-8-17-20)19-13(21)11-4-2-10(7-15)3-5-11/h6,8,10-11H,2-5,7,15H2,1H3,(H,19,21). The summed E-state index contributed by atoms with van der Waals surface area (Å²) in [7, 11) is 0. The molecule has 1 saturated carbocycles. The Morgan fingerprint density at radius 1 is 1.43 bits per heavy atom. The van der Waals surface area contributed by atoms with Crippen LogP contribution in [0.3, 0.4) is 0 Å². The third kappa shape index (κ3) is 2.87. The van der Waals surface area contributed by atoms with Gasteiger partial charge >= 0.3 is 0 Å². The molecule has 2 aromatic heterocycles. The lowest BCUT2D eigenvalue weighted by atomic mass is 9.81. The summed E-state index contributed by atoms with van der Waals surface area (Å²) in [6.07, 6.45) is 5.30. The van der Waals surface area contributed by atoms with E-state index in [0.717, 1.165) is 37.9 Å². The van der Waals surface area contributed by atoms with Crippen LogP contribution < -0.4 is 11.1 Å². The Kier molecular flexibility index (Phi) is 3.83. The topological polar surface area (TPSA) is 98.2 Å². The summed E-state index contributed by atoms with van der Waals surface area (Å²) in [6, 6.07) is 1.81. The number of rotatable bonds is 3. The minimum absolute atomic E-state index is 0.0490. The van der Waals surface area contributed by atoms with Crippen LogP contribution in [0.5, 0.6) is 0 Å². The summed E-state index contributed by atoms with van der Waals surface area (Å²) >= 11 is 0. The van der Waals surface area contributed by atoms with Gasteiger partial charge in [0.1, 0.15) is 12.1 Å². The van der Waals surface area contributed by atoms with Gasteiger partial charge in [0, 0.05) is 17.7 Å². The van der Waals surface area contributed by atoms with E-state index in [-0.39, 0.29) is 11.8 Å². The van der Waals surface area contributed by atoms with Crippen molar-refractivity contribution in [1.82, 2.24) is 19.6 Å². The number of fused-ring (bicyclic) bond motifs is 1. The first-order valence-electron chi connectivity index (χ1n) is 7.35. The summed E-state index contributed by atoms with van der Waals surface area (Å²) in [5.41, 5.74) is 6.49. The van der Waals surface area contributed by atoms with E-state index in [2.05, 4.69) is 20.4 Å². The van der Waals surface area contributed by atoms with Crippen molar-refractivity contribution in [3.8, 4) is 0 Å². The summed E-state index contributed by atoms with van der Waals surface area (Å²) in [6.45, 7) is 2.59. The fourth-order valence-electron chi connectivity index (χ4n) is 2.91. The van der Waals surface area contributed by atoms with Crippen LogP contribution in [0.2, 0.25) is 0 Å². The minimum atomic E-state index is 0.0490. The molecule has 1 aliphatic rings. The van der Waals surface area contributed by atoms with Crippen molar-refractivity contribution in [3.63, 3.8) is 0 Å². The normalized spacial score (nSPS) is 22.4. The van der Waals surface area contributed by atoms with Crippen molar-refractivity contribution < 1.29 is 4.79 Å². The number of nitrogens with one attached hydrogen (secondary N) is 1. The third-order valence-electron chi connectivity index (χ3n) is 4.18. The highest BCUT2D eigenvalue weighted by molar-refractivity contribution is 5.92. The minimum Gasteiger partial charge on any atom is -0.330 e. The lowest BCUT2D eigenvalue weighted by Gasteiger charge is -2.26. The maximum atomic E-state index is 12.4. The Morgan fingerprint density at radius 2 is 2.19 bits per heavy atom. The highest BCUT2D eigenvalue weighted by Crippen LogP contribution is 2.29. The van der Waals surface area contributed by atoms with Gasteiger partial charge in [-0.3, -0.25) is 4.79 Å². The molecule has 0 spiro atoms. The molecule has 0 aromatic carbocycles. The second-order valence-electron chi connectivity index (χ2n) is 5.70. The van der Waals surface area contributed by atoms with Gasteiger partial charge in [0.05, 0.1) is 0 Å². The number of carbonyl (C=O) groups is 1. The van der Waals surface area contributed by atoms with E-state index in [9.17, 15) is 4.79 Å². The summed E-state index contributed by atoms with van der Waals surface area (Å²) in [5.74, 6) is 1.80. The van der Waals surface area contributed by atoms with Gasteiger partial charge in [-0.15, -0.1) is 0 Å². The molecule has 0 atom stereocenters. The summed E-state index contributed by atoms with van der Waals surface area (Å²) < 4.78 is 1.55. The predicted octanol–water partition coefficient (Wildman–Crippen LogP) is 1.14. The molecule has 0 bridgehead atoms. The molecule has 0 radical (unpaired) electrons. The average Bonchev–Trinajstić information content (AvgIpc) is 2.95. The van der Waals surface area contributed by atoms with Crippen LogP contribution >= 0.6 is 0 Å². The van der Waals surface area contributed by atoms with Crippen molar-refractivity contribution in [2.75, 3.05) is 11.9 Å². The SMILES string of the molecule is Cc1cc(NC(=O)C2CCC(CN)CC2)n2ncnc2n1. The fraction of sp³-hybridized carbons (Fsp3) is 0.571. The van der Waals surface area contributed by atoms with Crippen molar-refractivity contribution in [3.05, 3.63) is 18.1 Å². The number of anilines is 1. The smallest absolute Gasteiger partial charge is 0.254 e. The lowest BCUT2D eigenvalue weighted by molar-refractivity contribution is -0.121. The van der Waals surface area contributed by atoms with Gasteiger partial charge in [-0.2, -0.15) is 14.6 Å². The van der Waals surface area contributed by atoms with Crippen LogP contribution in [0.15, 0.2) is 12.4 Å². The first-order chi connectivity index (χ1) is 10.2. The predicted molar refractivity (Wildman–Crippen MR) is 78.7 cm³/mol. The molecule has 7 nitrogen and oxygen atoms in total. The molecule has 2 heterocycles. The number of aromatic nitrogens is 4. The fourth-order valence-corrected chi connectivity index (χ4v) is 2.91. The van der Waals surface area contributed by atoms with Gasteiger partial charge in [-0.1, -0.05) is 0 Å². The van der Waals surface area contributed by atoms with E-state index in [4.69, 9.17) is 5.73 Å². The van der Waals surface area contributed by atoms with Gasteiger partial charge in [0.2, 0.25) is 5.91 Å². The van der Waals surface area contributed by atoms with E-state index < -0.39 is 0 Å². The number of aryl methyl sites for hydroxylation is 1. The number of carbonyl (C=O) groups excluding carboxylic acids is 1. The number of hydrogen-bond acceptors (Lipinski definition) is 5. The van der Waals surface area contributed by atoms with Gasteiger partial charge in [-0.05, 0) is 45.1 Å². The molecular formula is C14H20N6O. The summed E-state index contributed by atoms with van der Waals surface area (Å²) in [5, 5.41) is 7.06.